The zero-order valence-electron chi connectivity index (χ0n) is 16.4. The van der Waals surface area contributed by atoms with Gasteiger partial charge in [-0.2, -0.15) is 0 Å². The lowest BCUT2D eigenvalue weighted by Gasteiger charge is -2.19. The number of sulfone groups is 1. The lowest BCUT2D eigenvalue weighted by atomic mass is 10.0. The van der Waals surface area contributed by atoms with Crippen LogP contribution in [-0.4, -0.2) is 32.7 Å². The second-order valence-electron chi connectivity index (χ2n) is 7.03. The van der Waals surface area contributed by atoms with Crippen molar-refractivity contribution < 1.29 is 27.5 Å². The maximum Gasteiger partial charge on any atom is 0.338 e. The highest BCUT2D eigenvalue weighted by atomic mass is 32.2. The Bertz CT molecular complexity index is 1330. The molecule has 0 saturated carbocycles. The minimum atomic E-state index is -3.97. The fourth-order valence-electron chi connectivity index (χ4n) is 3.26. The molecule has 8 heteroatoms. The molecule has 1 aliphatic heterocycles. The predicted molar refractivity (Wildman–Crippen MR) is 112 cm³/mol. The van der Waals surface area contributed by atoms with E-state index in [1.54, 1.807) is 18.2 Å². The molecule has 0 aromatic heterocycles. The van der Waals surface area contributed by atoms with E-state index in [2.05, 4.69) is 5.32 Å². The van der Waals surface area contributed by atoms with Gasteiger partial charge in [-0.05, 0) is 49.4 Å². The summed E-state index contributed by atoms with van der Waals surface area (Å²) in [6.07, 6.45) is 0. The molecular weight excluding hydrogens is 418 g/mol. The van der Waals surface area contributed by atoms with Crippen molar-refractivity contribution in [2.75, 3.05) is 11.9 Å². The highest BCUT2D eigenvalue weighted by Crippen LogP contribution is 2.34. The monoisotopic (exact) mass is 435 g/mol. The molecule has 1 aliphatic rings. The minimum Gasteiger partial charge on any atom is -0.452 e. The first-order valence-corrected chi connectivity index (χ1v) is 10.8. The van der Waals surface area contributed by atoms with E-state index in [9.17, 15) is 22.8 Å². The molecule has 1 N–H and O–H groups in total. The number of carbonyl (C=O) groups excluding carboxylic acids is 3. The molecule has 31 heavy (non-hydrogen) atoms. The summed E-state index contributed by atoms with van der Waals surface area (Å²) >= 11 is 0. The summed E-state index contributed by atoms with van der Waals surface area (Å²) in [6, 6.07) is 16.7. The number of benzene rings is 3. The van der Waals surface area contributed by atoms with Gasteiger partial charge in [-0.25, -0.2) is 13.2 Å². The summed E-state index contributed by atoms with van der Waals surface area (Å²) in [6.45, 7) is 1.37. The number of rotatable bonds is 4. The van der Waals surface area contributed by atoms with Crippen LogP contribution in [-0.2, 0) is 19.4 Å². The molecule has 4 rings (SSSR count). The Morgan fingerprint density at radius 3 is 2.32 bits per heavy atom. The molecule has 0 fully saturated rings. The van der Waals surface area contributed by atoms with Gasteiger partial charge in [0, 0.05) is 16.8 Å². The summed E-state index contributed by atoms with van der Waals surface area (Å²) < 4.78 is 30.9. The van der Waals surface area contributed by atoms with Crippen LogP contribution in [0.25, 0.3) is 0 Å². The topological polar surface area (TPSA) is 107 Å². The number of fused-ring (bicyclic) bond motifs is 2. The molecule has 7 nitrogen and oxygen atoms in total. The highest BCUT2D eigenvalue weighted by molar-refractivity contribution is 7.91. The van der Waals surface area contributed by atoms with Crippen LogP contribution in [0.1, 0.15) is 31.8 Å². The molecule has 3 aromatic carbocycles. The van der Waals surface area contributed by atoms with Crippen LogP contribution in [0, 0.1) is 6.92 Å². The summed E-state index contributed by atoms with van der Waals surface area (Å²) in [5.74, 6) is -1.84. The van der Waals surface area contributed by atoms with Crippen LogP contribution < -0.4 is 5.32 Å². The van der Waals surface area contributed by atoms with Gasteiger partial charge in [0.25, 0.3) is 5.91 Å². The summed E-state index contributed by atoms with van der Waals surface area (Å²) in [4.78, 5) is 36.7. The van der Waals surface area contributed by atoms with Gasteiger partial charge in [-0.1, -0.05) is 29.8 Å². The summed E-state index contributed by atoms with van der Waals surface area (Å²) in [5, 5.41) is 2.60. The number of ether oxygens (including phenoxy) is 1. The second kappa shape index (κ2) is 7.81. The first kappa shape index (κ1) is 20.5. The third-order valence-electron chi connectivity index (χ3n) is 4.84. The van der Waals surface area contributed by atoms with Crippen LogP contribution in [0.2, 0.25) is 0 Å². The van der Waals surface area contributed by atoms with Crippen molar-refractivity contribution in [3.05, 3.63) is 89.0 Å². The van der Waals surface area contributed by atoms with Crippen molar-refractivity contribution in [3.8, 4) is 0 Å². The minimum absolute atomic E-state index is 0.00707. The van der Waals surface area contributed by atoms with Gasteiger partial charge >= 0.3 is 5.97 Å². The number of anilines is 1. The number of carbonyl (C=O) groups is 3. The molecule has 156 valence electrons. The van der Waals surface area contributed by atoms with E-state index in [1.807, 2.05) is 19.1 Å². The summed E-state index contributed by atoms with van der Waals surface area (Å²) in [7, 11) is -3.97. The SMILES string of the molecule is Cc1ccc(NC(=O)COC(=O)c2ccc3c(c2)S(=O)(=O)c2ccccc2C3=O)cc1. The van der Waals surface area contributed by atoms with E-state index in [1.165, 1.54) is 30.3 Å². The van der Waals surface area contributed by atoms with E-state index < -0.39 is 34.1 Å². The third-order valence-corrected chi connectivity index (χ3v) is 6.69. The lowest BCUT2D eigenvalue weighted by molar-refractivity contribution is -0.119. The first-order chi connectivity index (χ1) is 14.8. The third kappa shape index (κ3) is 3.85. The zero-order chi connectivity index (χ0) is 22.2. The van der Waals surface area contributed by atoms with Crippen LogP contribution >= 0.6 is 0 Å². The molecule has 0 saturated heterocycles. The molecule has 0 bridgehead atoms. The molecule has 0 unspecified atom stereocenters. The average molecular weight is 435 g/mol. The van der Waals surface area contributed by atoms with E-state index in [0.717, 1.165) is 11.6 Å². The van der Waals surface area contributed by atoms with Crippen LogP contribution in [0.5, 0.6) is 0 Å². The van der Waals surface area contributed by atoms with Crippen LogP contribution in [0.15, 0.2) is 76.5 Å². The second-order valence-corrected chi connectivity index (χ2v) is 8.92. The number of aryl methyl sites for hydroxylation is 1. The maximum absolute atomic E-state index is 12.9. The normalized spacial score (nSPS) is 13.6. The molecule has 0 atom stereocenters. The van der Waals surface area contributed by atoms with Crippen LogP contribution in [0.3, 0.4) is 0 Å². The Labute approximate surface area is 178 Å². The molecule has 0 spiro atoms. The van der Waals surface area contributed by atoms with Crippen LogP contribution in [0.4, 0.5) is 5.69 Å². The number of hydrogen-bond acceptors (Lipinski definition) is 6. The molecular formula is C23H17NO6S. The standard InChI is InChI=1S/C23H17NO6S/c1-14-6-9-16(10-7-14)24-21(25)13-30-23(27)15-8-11-18-20(12-15)31(28,29)19-5-3-2-4-17(19)22(18)26/h2-12H,13H2,1H3,(H,24,25). The van der Waals surface area contributed by atoms with E-state index in [-0.39, 0.29) is 26.5 Å². The molecule has 1 heterocycles. The largest absolute Gasteiger partial charge is 0.452 e. The van der Waals surface area contributed by atoms with Gasteiger partial charge in [0.05, 0.1) is 15.4 Å². The smallest absolute Gasteiger partial charge is 0.338 e. The Kier molecular flexibility index (Phi) is 5.16. The van der Waals surface area contributed by atoms with E-state index >= 15 is 0 Å². The van der Waals surface area contributed by atoms with Gasteiger partial charge in [0.15, 0.2) is 12.4 Å². The van der Waals surface area contributed by atoms with Gasteiger partial charge in [-0.15, -0.1) is 0 Å². The van der Waals surface area contributed by atoms with Crippen molar-refractivity contribution in [3.63, 3.8) is 0 Å². The molecule has 0 aliphatic carbocycles. The molecule has 1 amide bonds. The molecule has 3 aromatic rings. The van der Waals surface area contributed by atoms with Gasteiger partial charge < -0.3 is 10.1 Å². The number of ketones is 1. The quantitative estimate of drug-likeness (QED) is 0.494. The van der Waals surface area contributed by atoms with E-state index in [4.69, 9.17) is 4.74 Å². The number of nitrogens with one attached hydrogen (secondary N) is 1. The number of hydrogen-bond donors (Lipinski definition) is 1. The molecule has 0 radical (unpaired) electrons. The van der Waals surface area contributed by atoms with Crippen molar-refractivity contribution in [2.45, 2.75) is 16.7 Å². The number of esters is 1. The van der Waals surface area contributed by atoms with Crippen molar-refractivity contribution >= 4 is 33.2 Å². The van der Waals surface area contributed by atoms with Crippen molar-refractivity contribution in [1.29, 1.82) is 0 Å². The Hall–Kier alpha value is -3.78. The Morgan fingerprint density at radius 1 is 0.903 bits per heavy atom. The summed E-state index contributed by atoms with van der Waals surface area (Å²) in [5.41, 5.74) is 1.61. The van der Waals surface area contributed by atoms with Crippen molar-refractivity contribution in [2.24, 2.45) is 0 Å². The van der Waals surface area contributed by atoms with Gasteiger partial charge in [0.1, 0.15) is 0 Å². The highest BCUT2D eigenvalue weighted by Gasteiger charge is 2.35. The van der Waals surface area contributed by atoms with Gasteiger partial charge in [0.2, 0.25) is 9.84 Å². The average Bonchev–Trinajstić information content (AvgIpc) is 2.77. The Morgan fingerprint density at radius 2 is 1.58 bits per heavy atom. The van der Waals surface area contributed by atoms with Gasteiger partial charge in [-0.3, -0.25) is 9.59 Å². The maximum atomic E-state index is 12.9. The zero-order valence-corrected chi connectivity index (χ0v) is 17.2. The fraction of sp³-hybridized carbons (Fsp3) is 0.0870. The predicted octanol–water partition coefficient (Wildman–Crippen LogP) is 3.17. The Balaban J connectivity index is 1.52. The number of amides is 1. The van der Waals surface area contributed by atoms with Crippen molar-refractivity contribution in [1.82, 2.24) is 0 Å². The van der Waals surface area contributed by atoms with E-state index in [0.29, 0.717) is 5.69 Å². The first-order valence-electron chi connectivity index (χ1n) is 9.34. The fourth-order valence-corrected chi connectivity index (χ4v) is 4.94. The lowest BCUT2D eigenvalue weighted by Crippen LogP contribution is -2.22.